The van der Waals surface area contributed by atoms with Crippen molar-refractivity contribution in [2.24, 2.45) is 0 Å². The predicted molar refractivity (Wildman–Crippen MR) is 79.2 cm³/mol. The Bertz CT molecular complexity index is 878. The van der Waals surface area contributed by atoms with Gasteiger partial charge in [0, 0.05) is 0 Å². The van der Waals surface area contributed by atoms with Gasteiger partial charge in [0.15, 0.2) is 15.8 Å². The van der Waals surface area contributed by atoms with Crippen molar-refractivity contribution in [2.75, 3.05) is 7.11 Å². The summed E-state index contributed by atoms with van der Waals surface area (Å²) in [6.07, 6.45) is 0. The SMILES string of the molecule is COc1ccc(F)c(C(=O)NS(=O)(=O)c2sc(C)nc2C)c1F. The third kappa shape index (κ3) is 3.32. The highest BCUT2D eigenvalue weighted by Crippen LogP contribution is 2.25. The molecule has 0 unspecified atom stereocenters. The molecule has 1 N–H and O–H groups in total. The number of halogens is 2. The highest BCUT2D eigenvalue weighted by atomic mass is 32.2. The zero-order chi connectivity index (χ0) is 17.4. The van der Waals surface area contributed by atoms with Crippen molar-refractivity contribution in [3.05, 3.63) is 40.0 Å². The van der Waals surface area contributed by atoms with Crippen molar-refractivity contribution < 1.29 is 26.7 Å². The highest BCUT2D eigenvalue weighted by molar-refractivity contribution is 7.92. The second kappa shape index (κ2) is 6.20. The standard InChI is InChI=1S/C13H12F2N2O4S2/c1-6-13(22-7(2)16-6)23(19,20)17-12(18)10-8(14)4-5-9(21-3)11(10)15/h4-5H,1-3H3,(H,17,18). The van der Waals surface area contributed by atoms with Crippen LogP contribution in [0.3, 0.4) is 0 Å². The van der Waals surface area contributed by atoms with E-state index in [1.54, 1.807) is 11.6 Å². The smallest absolute Gasteiger partial charge is 0.275 e. The van der Waals surface area contributed by atoms with Gasteiger partial charge in [-0.25, -0.2) is 26.9 Å². The Kier molecular flexibility index (Phi) is 4.66. The minimum absolute atomic E-state index is 0.188. The number of carbonyl (C=O) groups excluding carboxylic acids is 1. The Morgan fingerprint density at radius 3 is 2.48 bits per heavy atom. The van der Waals surface area contributed by atoms with Gasteiger partial charge in [-0.3, -0.25) is 4.79 Å². The van der Waals surface area contributed by atoms with Crippen molar-refractivity contribution in [3.8, 4) is 5.75 Å². The van der Waals surface area contributed by atoms with Gasteiger partial charge >= 0.3 is 0 Å². The van der Waals surface area contributed by atoms with Crippen LogP contribution in [0, 0.1) is 25.5 Å². The number of benzene rings is 1. The summed E-state index contributed by atoms with van der Waals surface area (Å²) in [4.78, 5) is 16.0. The van der Waals surface area contributed by atoms with E-state index in [2.05, 4.69) is 9.72 Å². The van der Waals surface area contributed by atoms with E-state index in [9.17, 15) is 22.0 Å². The summed E-state index contributed by atoms with van der Waals surface area (Å²) in [5.41, 5.74) is -0.841. The molecule has 2 aromatic rings. The molecule has 0 aliphatic rings. The van der Waals surface area contributed by atoms with E-state index < -0.39 is 33.1 Å². The average molecular weight is 362 g/mol. The lowest BCUT2D eigenvalue weighted by Gasteiger charge is -2.09. The molecule has 0 fully saturated rings. The molecule has 0 aliphatic heterocycles. The molecule has 0 spiro atoms. The first-order chi connectivity index (χ1) is 10.7. The zero-order valence-electron chi connectivity index (χ0n) is 12.3. The summed E-state index contributed by atoms with van der Waals surface area (Å²) >= 11 is 0.849. The molecule has 10 heteroatoms. The van der Waals surface area contributed by atoms with Gasteiger partial charge < -0.3 is 4.74 Å². The molecule has 6 nitrogen and oxygen atoms in total. The van der Waals surface area contributed by atoms with E-state index in [4.69, 9.17) is 0 Å². The topological polar surface area (TPSA) is 85.4 Å². The molecular formula is C13H12F2N2O4S2. The molecule has 23 heavy (non-hydrogen) atoms. The fourth-order valence-electron chi connectivity index (χ4n) is 1.88. The molecule has 0 bridgehead atoms. The number of hydrogen-bond acceptors (Lipinski definition) is 6. The van der Waals surface area contributed by atoms with Crippen LogP contribution in [0.2, 0.25) is 0 Å². The van der Waals surface area contributed by atoms with Crippen LogP contribution in [0.4, 0.5) is 8.78 Å². The third-order valence-corrected chi connectivity index (χ3v) is 5.85. The minimum Gasteiger partial charge on any atom is -0.494 e. The van der Waals surface area contributed by atoms with Crippen LogP contribution in [-0.2, 0) is 10.0 Å². The van der Waals surface area contributed by atoms with Crippen LogP contribution in [-0.4, -0.2) is 26.4 Å². The second-order valence-corrected chi connectivity index (χ2v) is 7.56. The number of sulfonamides is 1. The summed E-state index contributed by atoms with van der Waals surface area (Å²) in [5.74, 6) is -4.28. The molecule has 0 atom stereocenters. The number of amides is 1. The van der Waals surface area contributed by atoms with Gasteiger partial charge in [-0.2, -0.15) is 0 Å². The number of aryl methyl sites for hydroxylation is 2. The Balaban J connectivity index is 2.42. The van der Waals surface area contributed by atoms with Gasteiger partial charge in [0.2, 0.25) is 0 Å². The number of ether oxygens (including phenoxy) is 1. The van der Waals surface area contributed by atoms with E-state index in [-0.39, 0.29) is 15.7 Å². The van der Waals surface area contributed by atoms with E-state index in [1.165, 1.54) is 6.92 Å². The van der Waals surface area contributed by atoms with Crippen molar-refractivity contribution >= 4 is 27.3 Å². The summed E-state index contributed by atoms with van der Waals surface area (Å²) in [6.45, 7) is 3.05. The largest absolute Gasteiger partial charge is 0.494 e. The van der Waals surface area contributed by atoms with E-state index >= 15 is 0 Å². The van der Waals surface area contributed by atoms with Crippen LogP contribution in [0.25, 0.3) is 0 Å². The molecule has 1 aromatic carbocycles. The van der Waals surface area contributed by atoms with E-state index in [1.807, 2.05) is 0 Å². The van der Waals surface area contributed by atoms with Gasteiger partial charge in [0.25, 0.3) is 15.9 Å². The summed E-state index contributed by atoms with van der Waals surface area (Å²) in [6, 6.07) is 1.80. The molecule has 0 saturated heterocycles. The number of aromatic nitrogens is 1. The van der Waals surface area contributed by atoms with Crippen LogP contribution in [0.5, 0.6) is 5.75 Å². The molecule has 0 aliphatic carbocycles. The lowest BCUT2D eigenvalue weighted by molar-refractivity contribution is 0.0972. The van der Waals surface area contributed by atoms with Crippen LogP contribution < -0.4 is 9.46 Å². The Morgan fingerprint density at radius 2 is 1.96 bits per heavy atom. The van der Waals surface area contributed by atoms with E-state index in [0.29, 0.717) is 5.01 Å². The van der Waals surface area contributed by atoms with Crippen molar-refractivity contribution in [1.29, 1.82) is 0 Å². The summed E-state index contributed by atoms with van der Waals surface area (Å²) in [5, 5.41) is 0.481. The summed E-state index contributed by atoms with van der Waals surface area (Å²) in [7, 11) is -3.15. The molecule has 124 valence electrons. The van der Waals surface area contributed by atoms with Gasteiger partial charge in [0.05, 0.1) is 17.8 Å². The van der Waals surface area contributed by atoms with Crippen LogP contribution in [0.1, 0.15) is 21.1 Å². The van der Waals surface area contributed by atoms with Gasteiger partial charge in [-0.1, -0.05) is 0 Å². The number of nitrogens with one attached hydrogen (secondary N) is 1. The van der Waals surface area contributed by atoms with Crippen molar-refractivity contribution in [3.63, 3.8) is 0 Å². The number of hydrogen-bond donors (Lipinski definition) is 1. The van der Waals surface area contributed by atoms with E-state index in [0.717, 1.165) is 30.6 Å². The average Bonchev–Trinajstić information content (AvgIpc) is 2.78. The van der Waals surface area contributed by atoms with Crippen molar-refractivity contribution in [1.82, 2.24) is 9.71 Å². The molecule has 1 aromatic heterocycles. The Labute approximate surface area is 135 Å². The third-order valence-electron chi connectivity index (χ3n) is 2.83. The zero-order valence-corrected chi connectivity index (χ0v) is 13.9. The number of thiazole rings is 1. The number of rotatable bonds is 4. The first-order valence-electron chi connectivity index (χ1n) is 6.20. The Hall–Kier alpha value is -2.07. The molecular weight excluding hydrogens is 350 g/mol. The Morgan fingerprint density at radius 1 is 1.30 bits per heavy atom. The first-order valence-corrected chi connectivity index (χ1v) is 8.50. The number of methoxy groups -OCH3 is 1. The first kappa shape index (κ1) is 17.3. The maximum absolute atomic E-state index is 14.0. The van der Waals surface area contributed by atoms with Crippen molar-refractivity contribution in [2.45, 2.75) is 18.1 Å². The molecule has 2 rings (SSSR count). The van der Waals surface area contributed by atoms with Gasteiger partial charge in [-0.15, -0.1) is 11.3 Å². The van der Waals surface area contributed by atoms with Crippen LogP contribution >= 0.6 is 11.3 Å². The molecule has 0 radical (unpaired) electrons. The predicted octanol–water partition coefficient (Wildman–Crippen LogP) is 2.17. The molecule has 0 saturated carbocycles. The minimum atomic E-state index is -4.29. The monoisotopic (exact) mass is 362 g/mol. The lowest BCUT2D eigenvalue weighted by Crippen LogP contribution is -2.32. The normalized spacial score (nSPS) is 11.3. The second-order valence-electron chi connectivity index (χ2n) is 4.48. The fraction of sp³-hybridized carbons (Fsp3) is 0.231. The maximum atomic E-state index is 14.0. The number of carbonyl (C=O) groups is 1. The highest BCUT2D eigenvalue weighted by Gasteiger charge is 2.28. The molecule has 1 heterocycles. The van der Waals surface area contributed by atoms with Gasteiger partial charge in [0.1, 0.15) is 11.4 Å². The molecule has 1 amide bonds. The number of nitrogens with zero attached hydrogens (tertiary/aromatic N) is 1. The van der Waals surface area contributed by atoms with Crippen LogP contribution in [0.15, 0.2) is 16.3 Å². The quantitative estimate of drug-likeness (QED) is 0.901. The maximum Gasteiger partial charge on any atom is 0.275 e. The van der Waals surface area contributed by atoms with Gasteiger partial charge in [-0.05, 0) is 26.0 Å². The fourth-order valence-corrected chi connectivity index (χ4v) is 4.32. The lowest BCUT2D eigenvalue weighted by atomic mass is 10.2. The summed E-state index contributed by atoms with van der Waals surface area (Å²) < 4.78 is 58.2.